The number of ketones is 3. The number of amides is 1. The highest BCUT2D eigenvalue weighted by Gasteiger charge is 2.53. The summed E-state index contributed by atoms with van der Waals surface area (Å²) in [6.45, 7) is 1.34. The van der Waals surface area contributed by atoms with Gasteiger partial charge in [-0.3, -0.25) is 23.5 Å². The molecule has 1 N–H and O–H groups in total. The van der Waals surface area contributed by atoms with Gasteiger partial charge in [0, 0.05) is 30.8 Å². The number of carbonyl (C=O) groups excluding carboxylic acids is 4. The van der Waals surface area contributed by atoms with Gasteiger partial charge in [0.25, 0.3) is 10.0 Å². The molecule has 0 bridgehead atoms. The number of fused-ring (bicyclic) bond motifs is 2. The van der Waals surface area contributed by atoms with Crippen LogP contribution in [0.3, 0.4) is 0 Å². The second-order valence-electron chi connectivity index (χ2n) is 8.52. The molecule has 2 aromatic rings. The van der Waals surface area contributed by atoms with Crippen LogP contribution in [0.25, 0.3) is 5.57 Å². The van der Waals surface area contributed by atoms with Gasteiger partial charge in [0.15, 0.2) is 5.78 Å². The number of nitrogens with one attached hydrogen (secondary N) is 1. The zero-order chi connectivity index (χ0) is 24.9. The van der Waals surface area contributed by atoms with Crippen molar-refractivity contribution in [2.45, 2.75) is 24.3 Å². The molecule has 176 valence electrons. The Labute approximate surface area is 201 Å². The van der Waals surface area contributed by atoms with Gasteiger partial charge >= 0.3 is 0 Å². The molecule has 3 aliphatic rings. The second-order valence-corrected chi connectivity index (χ2v) is 10.4. The number of anilines is 1. The first-order chi connectivity index (χ1) is 16.7. The van der Waals surface area contributed by atoms with E-state index in [0.717, 1.165) is 4.31 Å². The molecule has 2 aliphatic carbocycles. The lowest BCUT2D eigenvalue weighted by Crippen LogP contribution is -2.47. The summed E-state index contributed by atoms with van der Waals surface area (Å²) in [5.74, 6) is -3.04. The third-order valence-electron chi connectivity index (χ3n) is 6.30. The number of Topliss-reactive ketones (excluding diaryl/α,β-unsaturated/α-hetero) is 2. The van der Waals surface area contributed by atoms with E-state index in [-0.39, 0.29) is 28.6 Å². The standard InChI is InChI=1S/C26H20N2O6S/c1-15(29)27-17-7-10-19(11-8-17)35(33,34)28-14-22(16-5-3-2-4-6-16)23-24(28)21-13-18(30)9-12-20(21)25(31)26(23)32/h2-12,14,23-24H,13H2,1H3,(H,27,29). The van der Waals surface area contributed by atoms with Crippen molar-refractivity contribution in [2.24, 2.45) is 5.92 Å². The van der Waals surface area contributed by atoms with Gasteiger partial charge in [0.2, 0.25) is 17.5 Å². The van der Waals surface area contributed by atoms with E-state index >= 15 is 0 Å². The van der Waals surface area contributed by atoms with Crippen molar-refractivity contribution in [1.29, 1.82) is 0 Å². The molecule has 2 aromatic carbocycles. The predicted octanol–water partition coefficient (Wildman–Crippen LogP) is 2.65. The minimum absolute atomic E-state index is 0.0555. The molecule has 1 heterocycles. The van der Waals surface area contributed by atoms with Crippen LogP contribution in [0.15, 0.2) is 89.0 Å². The van der Waals surface area contributed by atoms with Crippen LogP contribution in [0.2, 0.25) is 0 Å². The fourth-order valence-electron chi connectivity index (χ4n) is 4.78. The Morgan fingerprint density at radius 3 is 2.31 bits per heavy atom. The van der Waals surface area contributed by atoms with Crippen molar-refractivity contribution in [2.75, 3.05) is 5.32 Å². The summed E-state index contributed by atoms with van der Waals surface area (Å²) in [4.78, 5) is 49.7. The van der Waals surface area contributed by atoms with Crippen molar-refractivity contribution in [1.82, 2.24) is 4.31 Å². The minimum atomic E-state index is -4.19. The first-order valence-electron chi connectivity index (χ1n) is 10.9. The van der Waals surface area contributed by atoms with Gasteiger partial charge in [0.05, 0.1) is 16.9 Å². The van der Waals surface area contributed by atoms with Crippen LogP contribution < -0.4 is 5.32 Å². The van der Waals surface area contributed by atoms with Gasteiger partial charge in [-0.05, 0) is 53.1 Å². The van der Waals surface area contributed by atoms with Crippen LogP contribution >= 0.6 is 0 Å². The van der Waals surface area contributed by atoms with Crippen molar-refractivity contribution in [3.63, 3.8) is 0 Å². The summed E-state index contributed by atoms with van der Waals surface area (Å²) in [7, 11) is -4.19. The normalized spacial score (nSPS) is 21.6. The molecule has 0 saturated carbocycles. The molecule has 0 saturated heterocycles. The van der Waals surface area contributed by atoms with Crippen molar-refractivity contribution >= 4 is 44.5 Å². The van der Waals surface area contributed by atoms with Crippen LogP contribution in [-0.2, 0) is 29.2 Å². The Bertz CT molecular complexity index is 1480. The lowest BCUT2D eigenvalue weighted by atomic mass is 9.72. The maximum atomic E-state index is 13.8. The number of allylic oxidation sites excluding steroid dienone is 3. The molecular weight excluding hydrogens is 468 g/mol. The number of rotatable bonds is 4. The number of carbonyl (C=O) groups is 4. The lowest BCUT2D eigenvalue weighted by Gasteiger charge is -2.35. The summed E-state index contributed by atoms with van der Waals surface area (Å²) in [6, 6.07) is 13.4. The lowest BCUT2D eigenvalue weighted by molar-refractivity contribution is -0.136. The maximum Gasteiger partial charge on any atom is 0.264 e. The smallest absolute Gasteiger partial charge is 0.264 e. The molecule has 0 spiro atoms. The summed E-state index contributed by atoms with van der Waals surface area (Å²) < 4.78 is 28.7. The number of nitrogens with zero attached hydrogens (tertiary/aromatic N) is 1. The second kappa shape index (κ2) is 8.28. The molecule has 8 nitrogen and oxygen atoms in total. The summed E-state index contributed by atoms with van der Waals surface area (Å²) >= 11 is 0. The highest BCUT2D eigenvalue weighted by Crippen LogP contribution is 2.47. The number of benzene rings is 2. The van der Waals surface area contributed by atoms with E-state index in [1.807, 2.05) is 0 Å². The highest BCUT2D eigenvalue weighted by atomic mass is 32.2. The molecule has 0 radical (unpaired) electrons. The van der Waals surface area contributed by atoms with Gasteiger partial charge in [-0.1, -0.05) is 30.3 Å². The fourth-order valence-corrected chi connectivity index (χ4v) is 6.30. The molecule has 1 aliphatic heterocycles. The van der Waals surface area contributed by atoms with Crippen LogP contribution in [-0.4, -0.2) is 42.0 Å². The zero-order valence-corrected chi connectivity index (χ0v) is 19.4. The third-order valence-corrected chi connectivity index (χ3v) is 8.06. The van der Waals surface area contributed by atoms with E-state index in [1.54, 1.807) is 30.3 Å². The SMILES string of the molecule is CC(=O)Nc1ccc(S(=O)(=O)N2C=C(c3ccccc3)C3C(=O)C(=O)C4=C(CC(=O)C=C4)C32)cc1. The van der Waals surface area contributed by atoms with Gasteiger partial charge in [-0.2, -0.15) is 0 Å². The number of hydrogen-bond donors (Lipinski definition) is 1. The van der Waals surface area contributed by atoms with Crippen LogP contribution in [0.5, 0.6) is 0 Å². The van der Waals surface area contributed by atoms with Crippen LogP contribution in [0.4, 0.5) is 5.69 Å². The Balaban J connectivity index is 1.67. The van der Waals surface area contributed by atoms with Gasteiger partial charge in [-0.25, -0.2) is 8.42 Å². The van der Waals surface area contributed by atoms with E-state index < -0.39 is 33.5 Å². The zero-order valence-electron chi connectivity index (χ0n) is 18.6. The quantitative estimate of drug-likeness (QED) is 0.661. The third kappa shape index (κ3) is 3.74. The van der Waals surface area contributed by atoms with Crippen molar-refractivity contribution < 1.29 is 27.6 Å². The maximum absolute atomic E-state index is 13.8. The molecule has 0 aromatic heterocycles. The van der Waals surface area contributed by atoms with E-state index in [0.29, 0.717) is 22.4 Å². The molecule has 9 heteroatoms. The van der Waals surface area contributed by atoms with Gasteiger partial charge in [0.1, 0.15) is 0 Å². The summed E-state index contributed by atoms with van der Waals surface area (Å²) in [5, 5.41) is 2.59. The van der Waals surface area contributed by atoms with E-state index in [2.05, 4.69) is 5.32 Å². The molecule has 35 heavy (non-hydrogen) atoms. The van der Waals surface area contributed by atoms with E-state index in [9.17, 15) is 27.6 Å². The average molecular weight is 489 g/mol. The number of hydrogen-bond acceptors (Lipinski definition) is 6. The first-order valence-corrected chi connectivity index (χ1v) is 12.3. The van der Waals surface area contributed by atoms with Crippen LogP contribution in [0.1, 0.15) is 18.9 Å². The predicted molar refractivity (Wildman–Crippen MR) is 127 cm³/mol. The van der Waals surface area contributed by atoms with Crippen molar-refractivity contribution in [3.05, 3.63) is 89.7 Å². The van der Waals surface area contributed by atoms with Gasteiger partial charge in [-0.15, -0.1) is 0 Å². The number of sulfonamides is 1. The highest BCUT2D eigenvalue weighted by molar-refractivity contribution is 7.89. The Morgan fingerprint density at radius 1 is 0.971 bits per heavy atom. The molecule has 2 unspecified atom stereocenters. The van der Waals surface area contributed by atoms with Crippen LogP contribution in [0, 0.1) is 5.92 Å². The fraction of sp³-hybridized carbons (Fsp3) is 0.154. The van der Waals surface area contributed by atoms with E-state index in [4.69, 9.17) is 0 Å². The largest absolute Gasteiger partial charge is 0.326 e. The minimum Gasteiger partial charge on any atom is -0.326 e. The summed E-state index contributed by atoms with van der Waals surface area (Å²) in [6.07, 6.45) is 3.80. The molecule has 0 fully saturated rings. The van der Waals surface area contributed by atoms with Crippen molar-refractivity contribution in [3.8, 4) is 0 Å². The van der Waals surface area contributed by atoms with E-state index in [1.165, 1.54) is 49.5 Å². The molecule has 5 rings (SSSR count). The molecule has 1 amide bonds. The average Bonchev–Trinajstić information content (AvgIpc) is 3.25. The molecule has 2 atom stereocenters. The Morgan fingerprint density at radius 2 is 1.66 bits per heavy atom. The Kier molecular flexibility index (Phi) is 5.36. The Hall–Kier alpha value is -4.11. The monoisotopic (exact) mass is 488 g/mol. The van der Waals surface area contributed by atoms with Gasteiger partial charge < -0.3 is 5.32 Å². The molecular formula is C26H20N2O6S. The summed E-state index contributed by atoms with van der Waals surface area (Å²) in [5.41, 5.74) is 1.86. The first kappa shape index (κ1) is 22.7. The topological polar surface area (TPSA) is 118 Å².